The minimum atomic E-state index is -0.0535. The molecule has 1 aliphatic rings. The van der Waals surface area contributed by atoms with E-state index in [2.05, 4.69) is 57.0 Å². The largest absolute Gasteiger partial charge is 0.478 e. The minimum Gasteiger partial charge on any atom is -0.478 e. The van der Waals surface area contributed by atoms with Crippen molar-refractivity contribution < 1.29 is 4.74 Å². The van der Waals surface area contributed by atoms with Crippen LogP contribution in [-0.4, -0.2) is 18.0 Å². The van der Waals surface area contributed by atoms with Gasteiger partial charge in [-0.3, -0.25) is 0 Å². The molecule has 0 saturated carbocycles. The zero-order chi connectivity index (χ0) is 12.5. The van der Waals surface area contributed by atoms with Crippen LogP contribution in [0.1, 0.15) is 39.7 Å². The molecule has 0 bridgehead atoms. The number of ether oxygens (including phenoxy) is 1. The van der Waals surface area contributed by atoms with Crippen molar-refractivity contribution >= 4 is 5.90 Å². The van der Waals surface area contributed by atoms with Crippen LogP contribution in [0, 0.1) is 0 Å². The van der Waals surface area contributed by atoms with E-state index in [1.54, 1.807) is 0 Å². The third-order valence-electron chi connectivity index (χ3n) is 3.17. The minimum absolute atomic E-state index is 0.0535. The van der Waals surface area contributed by atoms with Gasteiger partial charge in [0.05, 0.1) is 5.54 Å². The molecule has 2 nitrogen and oxygen atoms in total. The predicted molar refractivity (Wildman–Crippen MR) is 71.6 cm³/mol. The maximum Gasteiger partial charge on any atom is 0.184 e. The van der Waals surface area contributed by atoms with Crippen LogP contribution in [0.3, 0.4) is 0 Å². The topological polar surface area (TPSA) is 21.6 Å². The van der Waals surface area contributed by atoms with Crippen LogP contribution >= 0.6 is 0 Å². The van der Waals surface area contributed by atoms with Gasteiger partial charge in [-0.15, -0.1) is 0 Å². The van der Waals surface area contributed by atoms with Crippen LogP contribution in [0.25, 0.3) is 0 Å². The molecule has 2 heteroatoms. The summed E-state index contributed by atoms with van der Waals surface area (Å²) in [6.07, 6.45) is 0.862. The molecule has 0 N–H and O–H groups in total. The van der Waals surface area contributed by atoms with E-state index in [1.165, 1.54) is 5.56 Å². The normalized spacial score (nSPS) is 18.7. The molecule has 0 unspecified atom stereocenters. The van der Waals surface area contributed by atoms with E-state index >= 15 is 0 Å². The molecule has 1 heterocycles. The number of hydrogen-bond acceptors (Lipinski definition) is 2. The van der Waals surface area contributed by atoms with Gasteiger partial charge in [-0.05, 0) is 24.8 Å². The Balaban J connectivity index is 2.14. The van der Waals surface area contributed by atoms with Crippen LogP contribution in [0.15, 0.2) is 35.3 Å². The van der Waals surface area contributed by atoms with Gasteiger partial charge in [-0.1, -0.05) is 44.2 Å². The highest BCUT2D eigenvalue weighted by Gasteiger charge is 2.31. The maximum absolute atomic E-state index is 5.68. The average Bonchev–Trinajstić information content (AvgIpc) is 2.58. The fourth-order valence-electron chi connectivity index (χ4n) is 2.12. The molecule has 1 aromatic carbocycles. The van der Waals surface area contributed by atoms with Gasteiger partial charge in [-0.2, -0.15) is 0 Å². The molecule has 0 amide bonds. The molecule has 0 aliphatic carbocycles. The monoisotopic (exact) mass is 231 g/mol. The second-order valence-electron chi connectivity index (χ2n) is 6.03. The fourth-order valence-corrected chi connectivity index (χ4v) is 2.12. The zero-order valence-corrected chi connectivity index (χ0v) is 11.2. The summed E-state index contributed by atoms with van der Waals surface area (Å²) in [5.41, 5.74) is 1.35. The Morgan fingerprint density at radius 3 is 2.41 bits per heavy atom. The van der Waals surface area contributed by atoms with Crippen LogP contribution in [0.4, 0.5) is 0 Å². The molecule has 0 spiro atoms. The van der Waals surface area contributed by atoms with Gasteiger partial charge >= 0.3 is 0 Å². The fraction of sp³-hybridized carbons (Fsp3) is 0.533. The molecular formula is C15H21NO. The van der Waals surface area contributed by atoms with E-state index in [-0.39, 0.29) is 11.0 Å². The Morgan fingerprint density at radius 1 is 1.24 bits per heavy atom. The number of benzene rings is 1. The molecule has 0 atom stereocenters. The van der Waals surface area contributed by atoms with Crippen LogP contribution in [-0.2, 0) is 10.2 Å². The molecule has 1 aliphatic heterocycles. The van der Waals surface area contributed by atoms with Crippen molar-refractivity contribution in [2.75, 3.05) is 6.61 Å². The molecule has 0 saturated heterocycles. The summed E-state index contributed by atoms with van der Waals surface area (Å²) in [5, 5.41) is 0. The second-order valence-corrected chi connectivity index (χ2v) is 6.03. The van der Waals surface area contributed by atoms with Crippen molar-refractivity contribution in [3.8, 4) is 0 Å². The van der Waals surface area contributed by atoms with Crippen molar-refractivity contribution in [3.05, 3.63) is 35.9 Å². The van der Waals surface area contributed by atoms with Crippen LogP contribution in [0.2, 0.25) is 0 Å². The molecule has 1 aromatic rings. The molecule has 92 valence electrons. The Bertz CT molecular complexity index is 418. The van der Waals surface area contributed by atoms with Crippen LogP contribution in [0.5, 0.6) is 0 Å². The first-order valence-corrected chi connectivity index (χ1v) is 6.16. The molecule has 17 heavy (non-hydrogen) atoms. The third-order valence-corrected chi connectivity index (χ3v) is 3.17. The van der Waals surface area contributed by atoms with Gasteiger partial charge < -0.3 is 4.74 Å². The molecule has 0 fully saturated rings. The maximum atomic E-state index is 5.68. The second kappa shape index (κ2) is 4.17. The van der Waals surface area contributed by atoms with Gasteiger partial charge in [0.2, 0.25) is 0 Å². The van der Waals surface area contributed by atoms with Gasteiger partial charge in [0.1, 0.15) is 6.61 Å². The highest BCUT2D eigenvalue weighted by atomic mass is 16.5. The summed E-state index contributed by atoms with van der Waals surface area (Å²) in [7, 11) is 0. The number of hydrogen-bond donors (Lipinski definition) is 0. The van der Waals surface area contributed by atoms with E-state index in [0.717, 1.165) is 12.3 Å². The third kappa shape index (κ3) is 2.87. The van der Waals surface area contributed by atoms with Crippen molar-refractivity contribution in [3.63, 3.8) is 0 Å². The van der Waals surface area contributed by atoms with Crippen LogP contribution < -0.4 is 0 Å². The van der Waals surface area contributed by atoms with E-state index in [9.17, 15) is 0 Å². The van der Waals surface area contributed by atoms with Gasteiger partial charge in [0.15, 0.2) is 5.90 Å². The standard InChI is InChI=1S/C15H21NO/c1-14(2,12-8-6-5-7-9-12)10-13-16-15(3,4)11-17-13/h5-9H,10-11H2,1-4H3. The van der Waals surface area contributed by atoms with Crippen molar-refractivity contribution in [2.24, 2.45) is 4.99 Å². The molecule has 0 radical (unpaired) electrons. The first-order valence-electron chi connectivity index (χ1n) is 6.16. The lowest BCUT2D eigenvalue weighted by Crippen LogP contribution is -2.22. The smallest absolute Gasteiger partial charge is 0.184 e. The lowest BCUT2D eigenvalue weighted by atomic mass is 9.81. The molecule has 2 rings (SSSR count). The number of nitrogens with zero attached hydrogens (tertiary/aromatic N) is 1. The Morgan fingerprint density at radius 2 is 1.88 bits per heavy atom. The van der Waals surface area contributed by atoms with Gasteiger partial charge in [0, 0.05) is 6.42 Å². The SMILES string of the molecule is CC1(C)COC(CC(C)(C)c2ccccc2)=N1. The number of rotatable bonds is 3. The van der Waals surface area contributed by atoms with E-state index in [0.29, 0.717) is 6.61 Å². The first-order chi connectivity index (χ1) is 7.89. The van der Waals surface area contributed by atoms with E-state index in [1.807, 2.05) is 6.07 Å². The predicted octanol–water partition coefficient (Wildman–Crippen LogP) is 3.56. The Labute approximate surface area is 104 Å². The van der Waals surface area contributed by atoms with E-state index < -0.39 is 0 Å². The lowest BCUT2D eigenvalue weighted by Gasteiger charge is -2.24. The van der Waals surface area contributed by atoms with Crippen molar-refractivity contribution in [1.82, 2.24) is 0 Å². The first kappa shape index (κ1) is 12.2. The Kier molecular flexibility index (Phi) is 2.98. The summed E-state index contributed by atoms with van der Waals surface area (Å²) in [6.45, 7) is 9.39. The molecular weight excluding hydrogens is 210 g/mol. The zero-order valence-electron chi connectivity index (χ0n) is 11.2. The van der Waals surface area contributed by atoms with Crippen molar-refractivity contribution in [1.29, 1.82) is 0 Å². The van der Waals surface area contributed by atoms with E-state index in [4.69, 9.17) is 4.74 Å². The summed E-state index contributed by atoms with van der Waals surface area (Å²) < 4.78 is 5.68. The summed E-state index contributed by atoms with van der Waals surface area (Å²) in [5.74, 6) is 0.892. The summed E-state index contributed by atoms with van der Waals surface area (Å²) in [6, 6.07) is 10.5. The Hall–Kier alpha value is -1.31. The van der Waals surface area contributed by atoms with Gasteiger partial charge in [-0.25, -0.2) is 4.99 Å². The highest BCUT2D eigenvalue weighted by Crippen LogP contribution is 2.30. The van der Waals surface area contributed by atoms with Crippen molar-refractivity contribution in [2.45, 2.75) is 45.1 Å². The average molecular weight is 231 g/mol. The molecule has 0 aromatic heterocycles. The quantitative estimate of drug-likeness (QED) is 0.779. The van der Waals surface area contributed by atoms with Gasteiger partial charge in [0.25, 0.3) is 0 Å². The summed E-state index contributed by atoms with van der Waals surface area (Å²) in [4.78, 5) is 4.63. The highest BCUT2D eigenvalue weighted by molar-refractivity contribution is 5.79. The number of aliphatic imine (C=N–C) groups is 1. The lowest BCUT2D eigenvalue weighted by molar-refractivity contribution is 0.268. The summed E-state index contributed by atoms with van der Waals surface area (Å²) >= 11 is 0.